The van der Waals surface area contributed by atoms with Gasteiger partial charge in [-0.25, -0.2) is 0 Å². The molecule has 0 N–H and O–H groups in total. The highest BCUT2D eigenvalue weighted by Crippen LogP contribution is 2.42. The van der Waals surface area contributed by atoms with Crippen LogP contribution in [0.4, 0.5) is 0 Å². The monoisotopic (exact) mass is 365 g/mol. The summed E-state index contributed by atoms with van der Waals surface area (Å²) in [6, 6.07) is 23.5. The van der Waals surface area contributed by atoms with Gasteiger partial charge in [-0.3, -0.25) is 0 Å². The lowest BCUT2D eigenvalue weighted by Crippen LogP contribution is -1.97. The normalized spacial score (nSPS) is 13.4. The first kappa shape index (κ1) is 15.7. The molecule has 0 amide bonds. The summed E-state index contributed by atoms with van der Waals surface area (Å²) in [5.41, 5.74) is 8.49. The van der Waals surface area contributed by atoms with Gasteiger partial charge in [-0.15, -0.1) is 0 Å². The molecule has 3 heteroatoms. The van der Waals surface area contributed by atoms with Crippen molar-refractivity contribution in [3.05, 3.63) is 95.9 Å². The Kier molecular flexibility index (Phi) is 3.43. The number of rotatable bonds is 3. The van der Waals surface area contributed by atoms with E-state index in [0.717, 1.165) is 17.5 Å². The van der Waals surface area contributed by atoms with E-state index < -0.39 is 0 Å². The minimum Gasteiger partial charge on any atom is -0.464 e. The third-order valence-electron chi connectivity index (χ3n) is 5.72. The molecule has 0 unspecified atom stereocenters. The highest BCUT2D eigenvalue weighted by atomic mass is 16.5. The second kappa shape index (κ2) is 6.11. The van der Waals surface area contributed by atoms with Gasteiger partial charge in [-0.05, 0) is 34.9 Å². The van der Waals surface area contributed by atoms with Gasteiger partial charge in [0, 0.05) is 40.2 Å². The Morgan fingerprint density at radius 3 is 2.64 bits per heavy atom. The van der Waals surface area contributed by atoms with Gasteiger partial charge in [0.05, 0.1) is 19.5 Å². The number of aromatic nitrogens is 1. The fraction of sp³-hybridized carbons (Fsp3) is 0.120. The van der Waals surface area contributed by atoms with E-state index in [1.165, 1.54) is 38.7 Å². The first-order valence-electron chi connectivity index (χ1n) is 9.60. The maximum Gasteiger partial charge on any atom is 0.134 e. The second-order valence-corrected chi connectivity index (χ2v) is 7.39. The van der Waals surface area contributed by atoms with E-state index >= 15 is 0 Å². The number of furan rings is 1. The molecular weight excluding hydrogens is 346 g/mol. The standard InChI is InChI=1S/C25H19NO2/c1-2-6-17(7-3-1)13-26-14-21(19-8-4-5-9-23(19)26)25-20-10-11-28-24(20)12-18-15-27-16-22(18)25/h1-12,14H,13,15-16H2. The highest BCUT2D eigenvalue weighted by molar-refractivity contribution is 6.06. The van der Waals surface area contributed by atoms with Crippen molar-refractivity contribution in [3.8, 4) is 11.1 Å². The summed E-state index contributed by atoms with van der Waals surface area (Å²) in [6.07, 6.45) is 4.07. The van der Waals surface area contributed by atoms with Gasteiger partial charge in [0.15, 0.2) is 0 Å². The molecular formula is C25H19NO2. The zero-order valence-electron chi connectivity index (χ0n) is 15.4. The molecule has 3 aromatic carbocycles. The average Bonchev–Trinajstić information content (AvgIpc) is 3.46. The van der Waals surface area contributed by atoms with Gasteiger partial charge in [0.25, 0.3) is 0 Å². The molecule has 0 saturated carbocycles. The van der Waals surface area contributed by atoms with E-state index in [1.54, 1.807) is 6.26 Å². The highest BCUT2D eigenvalue weighted by Gasteiger charge is 2.23. The molecule has 2 aromatic heterocycles. The SMILES string of the molecule is c1ccc(Cn2cc(-c3c4c(cc5occc35)COC4)c3ccccc32)cc1. The van der Waals surface area contributed by atoms with Gasteiger partial charge < -0.3 is 13.7 Å². The molecule has 0 aliphatic carbocycles. The molecule has 0 bridgehead atoms. The average molecular weight is 365 g/mol. The van der Waals surface area contributed by atoms with Crippen molar-refractivity contribution in [1.29, 1.82) is 0 Å². The van der Waals surface area contributed by atoms with Crippen LogP contribution in [0.5, 0.6) is 0 Å². The lowest BCUT2D eigenvalue weighted by Gasteiger charge is -2.08. The number of ether oxygens (including phenoxy) is 1. The third kappa shape index (κ3) is 2.33. The molecule has 6 rings (SSSR count). The summed E-state index contributed by atoms with van der Waals surface area (Å²) >= 11 is 0. The Morgan fingerprint density at radius 1 is 0.857 bits per heavy atom. The van der Waals surface area contributed by atoms with Crippen LogP contribution in [0.3, 0.4) is 0 Å². The minimum atomic E-state index is 0.654. The quantitative estimate of drug-likeness (QED) is 0.384. The predicted molar refractivity (Wildman–Crippen MR) is 111 cm³/mol. The van der Waals surface area contributed by atoms with E-state index in [9.17, 15) is 0 Å². The van der Waals surface area contributed by atoms with Crippen LogP contribution in [-0.4, -0.2) is 4.57 Å². The van der Waals surface area contributed by atoms with E-state index in [0.29, 0.717) is 13.2 Å². The molecule has 5 aromatic rings. The van der Waals surface area contributed by atoms with Crippen molar-refractivity contribution >= 4 is 21.9 Å². The lowest BCUT2D eigenvalue weighted by atomic mass is 9.93. The summed E-state index contributed by atoms with van der Waals surface area (Å²) < 4.78 is 13.9. The van der Waals surface area contributed by atoms with Crippen molar-refractivity contribution in [3.63, 3.8) is 0 Å². The van der Waals surface area contributed by atoms with Crippen LogP contribution < -0.4 is 0 Å². The zero-order chi connectivity index (χ0) is 18.5. The number of nitrogens with zero attached hydrogens (tertiary/aromatic N) is 1. The van der Waals surface area contributed by atoms with Crippen molar-refractivity contribution in [2.45, 2.75) is 19.8 Å². The molecule has 0 radical (unpaired) electrons. The topological polar surface area (TPSA) is 27.3 Å². The summed E-state index contributed by atoms with van der Waals surface area (Å²) in [7, 11) is 0. The third-order valence-corrected chi connectivity index (χ3v) is 5.72. The van der Waals surface area contributed by atoms with Crippen molar-refractivity contribution in [2.75, 3.05) is 0 Å². The van der Waals surface area contributed by atoms with Crippen LogP contribution in [0.2, 0.25) is 0 Å². The van der Waals surface area contributed by atoms with Crippen LogP contribution in [-0.2, 0) is 24.5 Å². The molecule has 3 heterocycles. The smallest absolute Gasteiger partial charge is 0.134 e. The number of para-hydroxylation sites is 1. The number of hydrogen-bond donors (Lipinski definition) is 0. The van der Waals surface area contributed by atoms with Crippen LogP contribution in [0.1, 0.15) is 16.7 Å². The van der Waals surface area contributed by atoms with Crippen LogP contribution in [0.25, 0.3) is 33.0 Å². The summed E-state index contributed by atoms with van der Waals surface area (Å²) in [4.78, 5) is 0. The van der Waals surface area contributed by atoms with E-state index in [4.69, 9.17) is 9.15 Å². The van der Waals surface area contributed by atoms with Crippen LogP contribution >= 0.6 is 0 Å². The van der Waals surface area contributed by atoms with Gasteiger partial charge in [-0.1, -0.05) is 48.5 Å². The summed E-state index contributed by atoms with van der Waals surface area (Å²) in [6.45, 7) is 2.16. The Bertz CT molecular complexity index is 1310. The molecule has 0 fully saturated rings. The maximum atomic E-state index is 5.78. The molecule has 0 spiro atoms. The molecule has 0 atom stereocenters. The van der Waals surface area contributed by atoms with Crippen molar-refractivity contribution in [1.82, 2.24) is 4.57 Å². The Hall–Kier alpha value is -3.30. The van der Waals surface area contributed by atoms with E-state index in [-0.39, 0.29) is 0 Å². The Balaban J connectivity index is 1.63. The van der Waals surface area contributed by atoms with Crippen LogP contribution in [0.15, 0.2) is 83.6 Å². The van der Waals surface area contributed by atoms with Gasteiger partial charge in [0.2, 0.25) is 0 Å². The minimum absolute atomic E-state index is 0.654. The molecule has 1 aliphatic heterocycles. The van der Waals surface area contributed by atoms with E-state index in [1.807, 2.05) is 0 Å². The van der Waals surface area contributed by atoms with Crippen LogP contribution in [0, 0.1) is 0 Å². The first-order valence-corrected chi connectivity index (χ1v) is 9.60. The van der Waals surface area contributed by atoms with Crippen molar-refractivity contribution < 1.29 is 9.15 Å². The van der Waals surface area contributed by atoms with E-state index in [2.05, 4.69) is 77.5 Å². The largest absolute Gasteiger partial charge is 0.464 e. The second-order valence-electron chi connectivity index (χ2n) is 7.39. The summed E-state index contributed by atoms with van der Waals surface area (Å²) in [5.74, 6) is 0. The fourth-order valence-electron chi connectivity index (χ4n) is 4.43. The van der Waals surface area contributed by atoms with Gasteiger partial charge >= 0.3 is 0 Å². The maximum absolute atomic E-state index is 5.78. The summed E-state index contributed by atoms with van der Waals surface area (Å²) in [5, 5.41) is 2.42. The number of hydrogen-bond acceptors (Lipinski definition) is 2. The van der Waals surface area contributed by atoms with Gasteiger partial charge in [0.1, 0.15) is 5.58 Å². The fourth-order valence-corrected chi connectivity index (χ4v) is 4.43. The molecule has 3 nitrogen and oxygen atoms in total. The Morgan fingerprint density at radius 2 is 1.71 bits per heavy atom. The Labute approximate surface area is 162 Å². The molecule has 136 valence electrons. The molecule has 0 saturated heterocycles. The van der Waals surface area contributed by atoms with Crippen molar-refractivity contribution in [2.24, 2.45) is 0 Å². The first-order chi connectivity index (χ1) is 13.9. The zero-order valence-corrected chi connectivity index (χ0v) is 15.4. The lowest BCUT2D eigenvalue weighted by molar-refractivity contribution is 0.134. The number of fused-ring (bicyclic) bond motifs is 3. The number of benzene rings is 3. The predicted octanol–water partition coefficient (Wildman–Crippen LogP) is 6.13. The van der Waals surface area contributed by atoms with Gasteiger partial charge in [-0.2, -0.15) is 0 Å². The molecule has 28 heavy (non-hydrogen) atoms. The molecule has 1 aliphatic rings.